The highest BCUT2D eigenvalue weighted by molar-refractivity contribution is 7.98. The molecule has 0 amide bonds. The molecular weight excluding hydrogens is 220 g/mol. The Balaban J connectivity index is 2.29. The fraction of sp³-hybridized carbons (Fsp3) is 0.462. The van der Waals surface area contributed by atoms with Gasteiger partial charge >= 0.3 is 5.97 Å². The lowest BCUT2D eigenvalue weighted by atomic mass is 10.0. The number of carboxylic acids is 1. The van der Waals surface area contributed by atoms with Crippen LogP contribution in [0.15, 0.2) is 29.2 Å². The van der Waals surface area contributed by atoms with Gasteiger partial charge in [-0.3, -0.25) is 4.79 Å². The normalized spacial score (nSPS) is 26.4. The van der Waals surface area contributed by atoms with E-state index in [-0.39, 0.29) is 17.3 Å². The van der Waals surface area contributed by atoms with Crippen LogP contribution in [0.1, 0.15) is 25.3 Å². The monoisotopic (exact) mass is 236 g/mol. The lowest BCUT2D eigenvalue weighted by Gasteiger charge is -2.04. The molecule has 0 spiro atoms. The van der Waals surface area contributed by atoms with Crippen molar-refractivity contribution in [2.45, 2.75) is 24.7 Å². The predicted molar refractivity (Wildman–Crippen MR) is 65.9 cm³/mol. The molecule has 0 unspecified atom stereocenters. The molecular formula is C13H16O2S. The Kier molecular flexibility index (Phi) is 2.74. The van der Waals surface area contributed by atoms with E-state index in [1.807, 2.05) is 32.2 Å². The molecule has 1 N–H and O–H groups in total. The molecule has 1 aromatic carbocycles. The van der Waals surface area contributed by atoms with Gasteiger partial charge in [-0.25, -0.2) is 0 Å². The molecule has 16 heavy (non-hydrogen) atoms. The van der Waals surface area contributed by atoms with Gasteiger partial charge < -0.3 is 5.11 Å². The smallest absolute Gasteiger partial charge is 0.307 e. The van der Waals surface area contributed by atoms with Gasteiger partial charge in [0.05, 0.1) is 5.92 Å². The van der Waals surface area contributed by atoms with Crippen molar-refractivity contribution in [2.24, 2.45) is 11.3 Å². The Bertz CT molecular complexity index is 426. The highest BCUT2D eigenvalue weighted by Crippen LogP contribution is 2.64. The van der Waals surface area contributed by atoms with Gasteiger partial charge in [0.2, 0.25) is 0 Å². The summed E-state index contributed by atoms with van der Waals surface area (Å²) >= 11 is 1.69. The van der Waals surface area contributed by atoms with E-state index >= 15 is 0 Å². The number of carbonyl (C=O) groups is 1. The second kappa shape index (κ2) is 3.81. The van der Waals surface area contributed by atoms with E-state index in [0.717, 1.165) is 5.56 Å². The summed E-state index contributed by atoms with van der Waals surface area (Å²) in [5.41, 5.74) is 1.05. The molecule has 1 aromatic rings. The average molecular weight is 236 g/mol. The minimum Gasteiger partial charge on any atom is -0.481 e. The van der Waals surface area contributed by atoms with Gasteiger partial charge in [-0.05, 0) is 29.4 Å². The quantitative estimate of drug-likeness (QED) is 0.819. The minimum absolute atomic E-state index is 0.108. The summed E-state index contributed by atoms with van der Waals surface area (Å²) in [4.78, 5) is 12.3. The Labute approximate surface area is 100 Å². The number of rotatable bonds is 3. The molecule has 2 nitrogen and oxygen atoms in total. The number of hydrogen-bond donors (Lipinski definition) is 1. The zero-order chi connectivity index (χ0) is 11.9. The summed E-state index contributed by atoms with van der Waals surface area (Å²) in [6, 6.07) is 8.21. The fourth-order valence-electron chi connectivity index (χ4n) is 2.56. The van der Waals surface area contributed by atoms with Crippen LogP contribution in [-0.4, -0.2) is 17.3 Å². The van der Waals surface area contributed by atoms with Crippen LogP contribution < -0.4 is 0 Å². The summed E-state index contributed by atoms with van der Waals surface area (Å²) < 4.78 is 0. The van der Waals surface area contributed by atoms with Gasteiger partial charge in [0.1, 0.15) is 0 Å². The maximum Gasteiger partial charge on any atom is 0.307 e. The van der Waals surface area contributed by atoms with Crippen molar-refractivity contribution in [3.05, 3.63) is 29.8 Å². The highest BCUT2D eigenvalue weighted by Gasteiger charge is 2.62. The number of thioether (sulfide) groups is 1. The minimum atomic E-state index is -0.676. The largest absolute Gasteiger partial charge is 0.481 e. The molecule has 2 rings (SSSR count). The van der Waals surface area contributed by atoms with Crippen LogP contribution in [0.5, 0.6) is 0 Å². The molecule has 1 aliphatic carbocycles. The molecule has 86 valence electrons. The lowest BCUT2D eigenvalue weighted by molar-refractivity contribution is -0.139. The van der Waals surface area contributed by atoms with Crippen molar-refractivity contribution >= 4 is 17.7 Å². The van der Waals surface area contributed by atoms with Crippen molar-refractivity contribution in [2.75, 3.05) is 6.26 Å². The molecule has 1 aliphatic rings. The SMILES string of the molecule is CSc1cccc([C@@H]2[C@@H](C(=O)O)C2(C)C)c1. The fourth-order valence-corrected chi connectivity index (χ4v) is 3.02. The van der Waals surface area contributed by atoms with Crippen molar-refractivity contribution in [1.29, 1.82) is 0 Å². The Morgan fingerprint density at radius 1 is 1.44 bits per heavy atom. The first kappa shape index (κ1) is 11.5. The lowest BCUT2D eigenvalue weighted by Crippen LogP contribution is -2.03. The average Bonchev–Trinajstić information content (AvgIpc) is 2.82. The maximum atomic E-state index is 11.1. The van der Waals surface area contributed by atoms with Gasteiger partial charge in [-0.2, -0.15) is 0 Å². The summed E-state index contributed by atoms with van der Waals surface area (Å²) in [6.07, 6.45) is 2.03. The van der Waals surface area contributed by atoms with E-state index in [1.54, 1.807) is 11.8 Å². The molecule has 0 saturated heterocycles. The van der Waals surface area contributed by atoms with Gasteiger partial charge in [-0.15, -0.1) is 11.8 Å². The second-order valence-electron chi connectivity index (χ2n) is 4.89. The van der Waals surface area contributed by atoms with Gasteiger partial charge in [0, 0.05) is 10.8 Å². The first-order valence-corrected chi connectivity index (χ1v) is 6.57. The summed E-state index contributed by atoms with van der Waals surface area (Å²) in [5.74, 6) is -0.744. The molecule has 0 bridgehead atoms. The molecule has 3 heteroatoms. The molecule has 1 saturated carbocycles. The van der Waals surface area contributed by atoms with E-state index < -0.39 is 5.97 Å². The summed E-state index contributed by atoms with van der Waals surface area (Å²) in [5, 5.41) is 9.14. The number of aliphatic carboxylic acids is 1. The molecule has 1 fully saturated rings. The van der Waals surface area contributed by atoms with Crippen LogP contribution in [0.25, 0.3) is 0 Å². The summed E-state index contributed by atoms with van der Waals surface area (Å²) in [7, 11) is 0. The van der Waals surface area contributed by atoms with Crippen molar-refractivity contribution in [1.82, 2.24) is 0 Å². The third kappa shape index (κ3) is 1.73. The van der Waals surface area contributed by atoms with Crippen molar-refractivity contribution in [3.8, 4) is 0 Å². The van der Waals surface area contributed by atoms with Crippen LogP contribution in [0, 0.1) is 11.3 Å². The Morgan fingerprint density at radius 3 is 2.62 bits per heavy atom. The van der Waals surface area contributed by atoms with Gasteiger partial charge in [0.25, 0.3) is 0 Å². The third-order valence-corrected chi connectivity index (χ3v) is 4.27. The van der Waals surface area contributed by atoms with E-state index in [4.69, 9.17) is 5.11 Å². The van der Waals surface area contributed by atoms with E-state index in [0.29, 0.717) is 0 Å². The van der Waals surface area contributed by atoms with Crippen LogP contribution in [0.3, 0.4) is 0 Å². The second-order valence-corrected chi connectivity index (χ2v) is 5.77. The Hall–Kier alpha value is -0.960. The van der Waals surface area contributed by atoms with Crippen LogP contribution in [-0.2, 0) is 4.79 Å². The standard InChI is InChI=1S/C13H16O2S/c1-13(2)10(11(13)12(14)15)8-5-4-6-9(7-8)16-3/h4-7,10-11H,1-3H3,(H,14,15)/t10-,11+/m1/s1. The van der Waals surface area contributed by atoms with E-state index in [1.165, 1.54) is 4.90 Å². The zero-order valence-corrected chi connectivity index (χ0v) is 10.5. The van der Waals surface area contributed by atoms with Crippen LogP contribution in [0.4, 0.5) is 0 Å². The van der Waals surface area contributed by atoms with Gasteiger partial charge in [0.15, 0.2) is 0 Å². The maximum absolute atomic E-state index is 11.1. The molecule has 0 aliphatic heterocycles. The van der Waals surface area contributed by atoms with Crippen molar-refractivity contribution < 1.29 is 9.90 Å². The summed E-state index contributed by atoms with van der Waals surface area (Å²) in [6.45, 7) is 4.06. The molecule has 0 heterocycles. The van der Waals surface area contributed by atoms with Gasteiger partial charge in [-0.1, -0.05) is 26.0 Å². The topological polar surface area (TPSA) is 37.3 Å². The first-order valence-electron chi connectivity index (χ1n) is 5.35. The number of benzene rings is 1. The van der Waals surface area contributed by atoms with Crippen LogP contribution >= 0.6 is 11.8 Å². The first-order chi connectivity index (χ1) is 7.48. The molecule has 0 aromatic heterocycles. The third-order valence-electron chi connectivity index (χ3n) is 3.55. The zero-order valence-electron chi connectivity index (χ0n) is 9.73. The number of carboxylic acid groups (broad SMARTS) is 1. The Morgan fingerprint density at radius 2 is 2.12 bits per heavy atom. The van der Waals surface area contributed by atoms with E-state index in [2.05, 4.69) is 12.1 Å². The number of hydrogen-bond acceptors (Lipinski definition) is 2. The highest BCUT2D eigenvalue weighted by atomic mass is 32.2. The molecule has 2 atom stereocenters. The van der Waals surface area contributed by atoms with Crippen molar-refractivity contribution in [3.63, 3.8) is 0 Å². The predicted octanol–water partition coefficient (Wildman–Crippen LogP) is 3.23. The van der Waals surface area contributed by atoms with Crippen LogP contribution in [0.2, 0.25) is 0 Å². The van der Waals surface area contributed by atoms with E-state index in [9.17, 15) is 4.79 Å². The molecule has 0 radical (unpaired) electrons.